The van der Waals surface area contributed by atoms with Crippen LogP contribution in [0.15, 0.2) is 134 Å². The second-order valence-corrected chi connectivity index (χ2v) is 10.6. The summed E-state index contributed by atoms with van der Waals surface area (Å²) in [6.45, 7) is 0. The van der Waals surface area contributed by atoms with Crippen LogP contribution in [0.5, 0.6) is 0 Å². The Hall–Kier alpha value is -5.22. The van der Waals surface area contributed by atoms with Gasteiger partial charge in [-0.25, -0.2) is 0 Å². The van der Waals surface area contributed by atoms with Gasteiger partial charge in [0, 0.05) is 11.8 Å². The van der Waals surface area contributed by atoms with Crippen molar-refractivity contribution >= 4 is 21.5 Å². The average molecular weight is 550 g/mol. The number of hydrogen-bond acceptors (Lipinski definition) is 1. The summed E-state index contributed by atoms with van der Waals surface area (Å²) in [6, 6.07) is 42.6. The van der Waals surface area contributed by atoms with Crippen molar-refractivity contribution in [3.8, 4) is 55.6 Å². The van der Waals surface area contributed by atoms with Gasteiger partial charge < -0.3 is 0 Å². The van der Waals surface area contributed by atoms with E-state index >= 15 is 0 Å². The maximum Gasteiger partial charge on any atom is 0.433 e. The van der Waals surface area contributed by atoms with Crippen LogP contribution in [0, 0.1) is 0 Å². The molecule has 0 unspecified atom stereocenters. The zero-order chi connectivity index (χ0) is 28.4. The predicted molar refractivity (Wildman–Crippen MR) is 165 cm³/mol. The molecule has 0 spiro atoms. The van der Waals surface area contributed by atoms with Crippen LogP contribution in [0.2, 0.25) is 0 Å². The molecule has 42 heavy (non-hydrogen) atoms. The zero-order valence-electron chi connectivity index (χ0n) is 22.3. The van der Waals surface area contributed by atoms with Gasteiger partial charge in [-0.05, 0) is 77.7 Å². The summed E-state index contributed by atoms with van der Waals surface area (Å²) < 4.78 is 39.8. The fourth-order valence-corrected chi connectivity index (χ4v) is 6.58. The number of fused-ring (bicyclic) bond motifs is 4. The molecule has 0 fully saturated rings. The van der Waals surface area contributed by atoms with E-state index in [0.717, 1.165) is 44.7 Å². The molecular weight excluding hydrogens is 527 g/mol. The molecule has 0 aliphatic heterocycles. The lowest BCUT2D eigenvalue weighted by Crippen LogP contribution is -2.07. The summed E-state index contributed by atoms with van der Waals surface area (Å²) in [5.74, 6) is 0. The van der Waals surface area contributed by atoms with Gasteiger partial charge in [-0.15, -0.1) is 0 Å². The zero-order valence-corrected chi connectivity index (χ0v) is 22.3. The molecule has 4 heteroatoms. The van der Waals surface area contributed by atoms with Gasteiger partial charge in [0.15, 0.2) is 0 Å². The van der Waals surface area contributed by atoms with Crippen LogP contribution in [-0.2, 0) is 6.18 Å². The van der Waals surface area contributed by atoms with Crippen molar-refractivity contribution in [3.63, 3.8) is 0 Å². The Balaban J connectivity index is 1.50. The van der Waals surface area contributed by atoms with Gasteiger partial charge >= 0.3 is 6.18 Å². The third-order valence-corrected chi connectivity index (χ3v) is 8.28. The number of rotatable bonds is 3. The second kappa shape index (κ2) is 9.15. The molecule has 1 nitrogen and oxygen atoms in total. The first-order valence-electron chi connectivity index (χ1n) is 13.8. The Kier molecular flexibility index (Phi) is 5.35. The van der Waals surface area contributed by atoms with E-state index in [1.54, 1.807) is 0 Å². The Bertz CT molecular complexity index is 2050. The van der Waals surface area contributed by atoms with Gasteiger partial charge in [0.2, 0.25) is 0 Å². The Morgan fingerprint density at radius 3 is 1.48 bits per heavy atom. The molecule has 8 rings (SSSR count). The van der Waals surface area contributed by atoms with Crippen molar-refractivity contribution in [1.29, 1.82) is 0 Å². The molecule has 7 aromatic rings. The summed E-state index contributed by atoms with van der Waals surface area (Å²) >= 11 is 0. The van der Waals surface area contributed by atoms with Crippen LogP contribution in [0.1, 0.15) is 5.69 Å². The van der Waals surface area contributed by atoms with Gasteiger partial charge in [-0.1, -0.05) is 121 Å². The summed E-state index contributed by atoms with van der Waals surface area (Å²) in [4.78, 5) is 3.75. The molecule has 0 atom stereocenters. The van der Waals surface area contributed by atoms with E-state index in [4.69, 9.17) is 0 Å². The van der Waals surface area contributed by atoms with Crippen LogP contribution in [0.4, 0.5) is 13.2 Å². The minimum atomic E-state index is -4.48. The molecular formula is C38H22F3N. The largest absolute Gasteiger partial charge is 0.433 e. The normalized spacial score (nSPS) is 12.2. The molecule has 0 saturated heterocycles. The average Bonchev–Trinajstić information content (AvgIpc) is 3.35. The van der Waals surface area contributed by atoms with E-state index in [1.165, 1.54) is 45.3 Å². The quantitative estimate of drug-likeness (QED) is 0.214. The third kappa shape index (κ3) is 3.61. The highest BCUT2D eigenvalue weighted by Gasteiger charge is 2.33. The summed E-state index contributed by atoms with van der Waals surface area (Å²) in [7, 11) is 0. The van der Waals surface area contributed by atoms with E-state index in [9.17, 15) is 13.2 Å². The minimum Gasteiger partial charge on any atom is -0.251 e. The van der Waals surface area contributed by atoms with E-state index < -0.39 is 11.9 Å². The van der Waals surface area contributed by atoms with E-state index in [2.05, 4.69) is 96.0 Å². The van der Waals surface area contributed by atoms with Crippen LogP contribution in [0.3, 0.4) is 0 Å². The minimum absolute atomic E-state index is 0.652. The van der Waals surface area contributed by atoms with Crippen molar-refractivity contribution in [2.24, 2.45) is 0 Å². The topological polar surface area (TPSA) is 12.9 Å². The van der Waals surface area contributed by atoms with Crippen LogP contribution >= 0.6 is 0 Å². The lowest BCUT2D eigenvalue weighted by atomic mass is 9.82. The van der Waals surface area contributed by atoms with Crippen molar-refractivity contribution in [1.82, 2.24) is 4.98 Å². The summed E-state index contributed by atoms with van der Waals surface area (Å²) in [5.41, 5.74) is 9.88. The maximum absolute atomic E-state index is 13.3. The fourth-order valence-electron chi connectivity index (χ4n) is 6.58. The number of alkyl halides is 3. The smallest absolute Gasteiger partial charge is 0.251 e. The van der Waals surface area contributed by atoms with Crippen LogP contribution < -0.4 is 0 Å². The fraction of sp³-hybridized carbons (Fsp3) is 0.0263. The van der Waals surface area contributed by atoms with Gasteiger partial charge in [0.05, 0.1) is 0 Å². The van der Waals surface area contributed by atoms with E-state index in [1.807, 2.05) is 24.3 Å². The molecule has 6 aromatic carbocycles. The highest BCUT2D eigenvalue weighted by atomic mass is 19.4. The van der Waals surface area contributed by atoms with E-state index in [0.29, 0.717) is 5.56 Å². The monoisotopic (exact) mass is 549 g/mol. The Labute approximate surface area is 240 Å². The first-order valence-corrected chi connectivity index (χ1v) is 13.8. The number of aromatic nitrogens is 1. The summed E-state index contributed by atoms with van der Waals surface area (Å²) in [5, 5.41) is 4.45. The van der Waals surface area contributed by atoms with Gasteiger partial charge in [-0.2, -0.15) is 13.2 Å². The second-order valence-electron chi connectivity index (χ2n) is 10.6. The first-order chi connectivity index (χ1) is 20.5. The van der Waals surface area contributed by atoms with Crippen molar-refractivity contribution in [2.75, 3.05) is 0 Å². The molecule has 1 aliphatic rings. The third-order valence-electron chi connectivity index (χ3n) is 8.28. The highest BCUT2D eigenvalue weighted by molar-refractivity contribution is 6.28. The number of benzene rings is 6. The van der Waals surface area contributed by atoms with Gasteiger partial charge in [0.25, 0.3) is 0 Å². The van der Waals surface area contributed by atoms with Crippen molar-refractivity contribution in [2.45, 2.75) is 6.18 Å². The molecule has 1 heterocycles. The van der Waals surface area contributed by atoms with E-state index in [-0.39, 0.29) is 0 Å². The van der Waals surface area contributed by atoms with Crippen LogP contribution in [0.25, 0.3) is 77.2 Å². The maximum atomic E-state index is 13.3. The van der Waals surface area contributed by atoms with Crippen molar-refractivity contribution in [3.05, 3.63) is 139 Å². The molecule has 0 amide bonds. The van der Waals surface area contributed by atoms with Crippen LogP contribution in [-0.4, -0.2) is 4.98 Å². The number of hydrogen-bond donors (Lipinski definition) is 0. The molecule has 0 N–H and O–H groups in total. The summed E-state index contributed by atoms with van der Waals surface area (Å²) in [6.07, 6.45) is -3.15. The number of nitrogens with zero attached hydrogens (tertiary/aromatic N) is 1. The SMILES string of the molecule is FC(F)(F)c1ccc(-c2ccc3c4c(cccc24)-c2c-3c(-c3ccccc3)c3ccccc3c2-c2ccccc2)cn1. The highest BCUT2D eigenvalue weighted by Crippen LogP contribution is 2.58. The number of pyridine rings is 1. The standard InChI is InChI=1S/C38H22F3N/c39-38(40,41)32-21-18-25(22-42-32)26-19-20-31-35-27(26)16-9-17-30(35)36-33(23-10-3-1-4-11-23)28-14-7-8-15-29(28)34(37(31)36)24-12-5-2-6-13-24/h1-22H. The van der Waals surface area contributed by atoms with Gasteiger partial charge in [0.1, 0.15) is 5.69 Å². The molecule has 0 bridgehead atoms. The molecule has 0 radical (unpaired) electrons. The number of halogens is 3. The van der Waals surface area contributed by atoms with Crippen molar-refractivity contribution < 1.29 is 13.2 Å². The molecule has 1 aliphatic carbocycles. The lowest BCUT2D eigenvalue weighted by molar-refractivity contribution is -0.141. The first kappa shape index (κ1) is 24.6. The van der Waals surface area contributed by atoms with Gasteiger partial charge in [-0.3, -0.25) is 4.98 Å². The molecule has 1 aromatic heterocycles. The Morgan fingerprint density at radius 1 is 0.405 bits per heavy atom. The molecule has 200 valence electrons. The molecule has 0 saturated carbocycles. The predicted octanol–water partition coefficient (Wildman–Crippen LogP) is 11.1. The Morgan fingerprint density at radius 2 is 0.929 bits per heavy atom. The lowest BCUT2D eigenvalue weighted by Gasteiger charge is -2.20.